The minimum atomic E-state index is -0.576. The summed E-state index contributed by atoms with van der Waals surface area (Å²) in [6.45, 7) is 6.77. The Kier molecular flexibility index (Phi) is 7.05. The van der Waals surface area contributed by atoms with E-state index in [2.05, 4.69) is 22.3 Å². The molecule has 1 amide bonds. The number of carbonyl (C=O) groups is 2. The molecule has 0 saturated carbocycles. The fourth-order valence-corrected chi connectivity index (χ4v) is 3.41. The summed E-state index contributed by atoms with van der Waals surface area (Å²) in [6, 6.07) is 15.6. The van der Waals surface area contributed by atoms with Gasteiger partial charge in [-0.3, -0.25) is 10.1 Å². The summed E-state index contributed by atoms with van der Waals surface area (Å²) in [5, 5.41) is 2.79. The number of fused-ring (bicyclic) bond motifs is 1. The van der Waals surface area contributed by atoms with Gasteiger partial charge in [0.15, 0.2) is 0 Å². The summed E-state index contributed by atoms with van der Waals surface area (Å²) in [6.07, 6.45) is 0.221. The number of nitrogens with zero attached hydrogens (tertiary/aromatic N) is 1. The van der Waals surface area contributed by atoms with Gasteiger partial charge in [0.25, 0.3) is 0 Å². The van der Waals surface area contributed by atoms with Gasteiger partial charge in [0.1, 0.15) is 17.5 Å². The molecule has 1 aliphatic heterocycles. The van der Waals surface area contributed by atoms with Crippen LogP contribution >= 0.6 is 0 Å². The largest absolute Gasteiger partial charge is 0.486 e. The Morgan fingerprint density at radius 3 is 2.58 bits per heavy atom. The molecule has 7 heteroatoms. The predicted molar refractivity (Wildman–Crippen MR) is 119 cm³/mol. The highest BCUT2D eigenvalue weighted by Gasteiger charge is 2.27. The Bertz CT molecular complexity index is 908. The highest BCUT2D eigenvalue weighted by atomic mass is 16.6. The van der Waals surface area contributed by atoms with Gasteiger partial charge in [0, 0.05) is 18.7 Å². The molecule has 1 heterocycles. The first-order valence-corrected chi connectivity index (χ1v) is 10.4. The lowest BCUT2D eigenvalue weighted by Gasteiger charge is -2.36. The van der Waals surface area contributed by atoms with Crippen LogP contribution in [0.2, 0.25) is 0 Å². The topological polar surface area (TPSA) is 77.1 Å². The number of benzene rings is 2. The zero-order valence-corrected chi connectivity index (χ0v) is 18.5. The van der Waals surface area contributed by atoms with E-state index < -0.39 is 11.7 Å². The average Bonchev–Trinajstić information content (AvgIpc) is 2.71. The molecule has 1 N–H and O–H groups in total. The lowest BCUT2D eigenvalue weighted by Crippen LogP contribution is -2.40. The number of methoxy groups -OCH3 is 1. The number of esters is 1. The van der Waals surface area contributed by atoms with Crippen molar-refractivity contribution in [3.63, 3.8) is 0 Å². The van der Waals surface area contributed by atoms with Gasteiger partial charge >= 0.3 is 12.1 Å². The molecule has 0 spiro atoms. The number of anilines is 2. The first-order valence-electron chi connectivity index (χ1n) is 10.4. The highest BCUT2D eigenvalue weighted by molar-refractivity contribution is 5.86. The van der Waals surface area contributed by atoms with Crippen molar-refractivity contribution in [3.05, 3.63) is 54.1 Å². The van der Waals surface area contributed by atoms with Crippen molar-refractivity contribution in [1.29, 1.82) is 0 Å². The molecular formula is C24H30N2O5. The maximum atomic E-state index is 12.2. The van der Waals surface area contributed by atoms with E-state index in [9.17, 15) is 9.59 Å². The predicted octanol–water partition coefficient (Wildman–Crippen LogP) is 4.75. The minimum absolute atomic E-state index is 0.139. The van der Waals surface area contributed by atoms with E-state index in [1.54, 1.807) is 6.07 Å². The molecule has 31 heavy (non-hydrogen) atoms. The summed E-state index contributed by atoms with van der Waals surface area (Å²) >= 11 is 0. The fraction of sp³-hybridized carbons (Fsp3) is 0.417. The van der Waals surface area contributed by atoms with E-state index >= 15 is 0 Å². The van der Waals surface area contributed by atoms with E-state index in [0.29, 0.717) is 37.4 Å². The Labute approximate surface area is 183 Å². The Hall–Kier alpha value is -3.22. The van der Waals surface area contributed by atoms with Crippen LogP contribution in [0.1, 0.15) is 39.2 Å². The fourth-order valence-electron chi connectivity index (χ4n) is 3.41. The molecule has 3 rings (SSSR count). The molecule has 2 aromatic rings. The first kappa shape index (κ1) is 22.5. The molecule has 0 aliphatic carbocycles. The third-order valence-electron chi connectivity index (χ3n) is 4.78. The van der Waals surface area contributed by atoms with Crippen molar-refractivity contribution in [2.24, 2.45) is 0 Å². The van der Waals surface area contributed by atoms with Gasteiger partial charge < -0.3 is 19.1 Å². The van der Waals surface area contributed by atoms with Gasteiger partial charge in [-0.25, -0.2) is 4.79 Å². The number of rotatable bonds is 6. The molecule has 0 fully saturated rings. The third kappa shape index (κ3) is 6.64. The van der Waals surface area contributed by atoms with Crippen molar-refractivity contribution < 1.29 is 23.8 Å². The maximum Gasteiger partial charge on any atom is 0.412 e. The normalized spacial score (nSPS) is 15.5. The van der Waals surface area contributed by atoms with Crippen LogP contribution in [-0.2, 0) is 20.8 Å². The van der Waals surface area contributed by atoms with Crippen molar-refractivity contribution >= 4 is 23.4 Å². The molecule has 0 saturated heterocycles. The number of hydrogen-bond donors (Lipinski definition) is 1. The summed E-state index contributed by atoms with van der Waals surface area (Å²) < 4.78 is 16.3. The van der Waals surface area contributed by atoms with Crippen LogP contribution in [0.4, 0.5) is 16.2 Å². The second-order valence-electron chi connectivity index (χ2n) is 8.53. The highest BCUT2D eigenvalue weighted by Crippen LogP contribution is 2.37. The molecule has 1 aliphatic rings. The van der Waals surface area contributed by atoms with Crippen molar-refractivity contribution in [1.82, 2.24) is 0 Å². The third-order valence-corrected chi connectivity index (χ3v) is 4.78. The Balaban J connectivity index is 1.80. The molecule has 1 atom stereocenters. The molecule has 0 bridgehead atoms. The zero-order chi connectivity index (χ0) is 22.4. The zero-order valence-electron chi connectivity index (χ0n) is 18.5. The van der Waals surface area contributed by atoms with E-state index in [1.807, 2.05) is 51.1 Å². The molecule has 0 aromatic heterocycles. The van der Waals surface area contributed by atoms with Crippen LogP contribution in [0.5, 0.6) is 5.75 Å². The van der Waals surface area contributed by atoms with E-state index in [4.69, 9.17) is 14.2 Å². The smallest absolute Gasteiger partial charge is 0.412 e. The maximum absolute atomic E-state index is 12.2. The molecule has 0 radical (unpaired) electrons. The Morgan fingerprint density at radius 2 is 1.90 bits per heavy atom. The van der Waals surface area contributed by atoms with Gasteiger partial charge in [-0.1, -0.05) is 30.3 Å². The van der Waals surface area contributed by atoms with Gasteiger partial charge in [-0.05, 0) is 51.0 Å². The summed E-state index contributed by atoms with van der Waals surface area (Å²) in [7, 11) is 1.39. The minimum Gasteiger partial charge on any atom is -0.486 e. The standard InChI is InChI=1S/C24H30N2O5/c1-24(2,3)31-23(28)25-18-10-12-21-20(14-18)26(15-17-8-6-5-7-9-17)16-19(30-21)11-13-22(27)29-4/h5-10,12,14,19H,11,13,15-16H2,1-4H3,(H,25,28)/t19-/m0/s1. The van der Waals surface area contributed by atoms with Crippen molar-refractivity contribution in [2.45, 2.75) is 51.9 Å². The summed E-state index contributed by atoms with van der Waals surface area (Å²) in [5.74, 6) is 0.465. The quantitative estimate of drug-likeness (QED) is 0.672. The molecule has 0 unspecified atom stereocenters. The van der Waals surface area contributed by atoms with Crippen molar-refractivity contribution in [3.8, 4) is 5.75 Å². The average molecular weight is 427 g/mol. The van der Waals surface area contributed by atoms with Gasteiger partial charge in [0.05, 0.1) is 19.3 Å². The van der Waals surface area contributed by atoms with Crippen LogP contribution in [0.25, 0.3) is 0 Å². The second-order valence-corrected chi connectivity index (χ2v) is 8.53. The molecule has 7 nitrogen and oxygen atoms in total. The van der Waals surface area contributed by atoms with Crippen LogP contribution in [0, 0.1) is 0 Å². The van der Waals surface area contributed by atoms with Crippen LogP contribution in [0.3, 0.4) is 0 Å². The van der Waals surface area contributed by atoms with E-state index in [0.717, 1.165) is 11.3 Å². The second kappa shape index (κ2) is 9.73. The van der Waals surface area contributed by atoms with Gasteiger partial charge in [-0.15, -0.1) is 0 Å². The number of carbonyl (C=O) groups excluding carboxylic acids is 2. The monoisotopic (exact) mass is 426 g/mol. The lowest BCUT2D eigenvalue weighted by molar-refractivity contribution is -0.141. The summed E-state index contributed by atoms with van der Waals surface area (Å²) in [5.41, 5.74) is 2.09. The van der Waals surface area contributed by atoms with Crippen LogP contribution in [0.15, 0.2) is 48.5 Å². The number of nitrogens with one attached hydrogen (secondary N) is 1. The SMILES string of the molecule is COC(=O)CC[C@H]1CN(Cc2ccccc2)c2cc(NC(=O)OC(C)(C)C)ccc2O1. The lowest BCUT2D eigenvalue weighted by atomic mass is 10.1. The van der Waals surface area contributed by atoms with Crippen LogP contribution < -0.4 is 15.0 Å². The Morgan fingerprint density at radius 1 is 1.16 bits per heavy atom. The van der Waals surface area contributed by atoms with E-state index in [1.165, 1.54) is 7.11 Å². The van der Waals surface area contributed by atoms with E-state index in [-0.39, 0.29) is 12.1 Å². The number of ether oxygens (including phenoxy) is 3. The first-order chi connectivity index (χ1) is 14.7. The summed E-state index contributed by atoms with van der Waals surface area (Å²) in [4.78, 5) is 26.0. The van der Waals surface area contributed by atoms with Crippen LogP contribution in [-0.4, -0.2) is 37.4 Å². The van der Waals surface area contributed by atoms with Gasteiger partial charge in [-0.2, -0.15) is 0 Å². The number of hydrogen-bond acceptors (Lipinski definition) is 6. The molecule has 2 aromatic carbocycles. The molecular weight excluding hydrogens is 396 g/mol. The van der Waals surface area contributed by atoms with Crippen molar-refractivity contribution in [2.75, 3.05) is 23.9 Å². The molecule has 166 valence electrons. The number of amides is 1. The van der Waals surface area contributed by atoms with Gasteiger partial charge in [0.2, 0.25) is 0 Å².